The number of hydrogen-bond acceptors (Lipinski definition) is 2. The Balaban J connectivity index is 2.22. The van der Waals surface area contributed by atoms with E-state index < -0.39 is 0 Å². The zero-order chi connectivity index (χ0) is 14.0. The summed E-state index contributed by atoms with van der Waals surface area (Å²) in [6.07, 6.45) is 0. The predicted molar refractivity (Wildman–Crippen MR) is 78.2 cm³/mol. The van der Waals surface area contributed by atoms with Crippen LogP contribution in [0.5, 0.6) is 0 Å². The van der Waals surface area contributed by atoms with E-state index in [1.807, 2.05) is 35.2 Å². The highest BCUT2D eigenvalue weighted by atomic mass is 16.2. The molecular weight excluding hydrogens is 236 g/mol. The van der Waals surface area contributed by atoms with Gasteiger partial charge >= 0.3 is 0 Å². The lowest BCUT2D eigenvalue weighted by atomic mass is 9.92. The zero-order valence-electron chi connectivity index (χ0n) is 12.3. The van der Waals surface area contributed by atoms with Crippen molar-refractivity contribution < 1.29 is 4.79 Å². The van der Waals surface area contributed by atoms with Crippen LogP contribution in [0.25, 0.3) is 0 Å². The van der Waals surface area contributed by atoms with Crippen LogP contribution < -0.4 is 5.32 Å². The molecule has 1 atom stereocenters. The molecule has 0 radical (unpaired) electrons. The molecule has 0 bridgehead atoms. The summed E-state index contributed by atoms with van der Waals surface area (Å²) in [4.78, 5) is 14.7. The van der Waals surface area contributed by atoms with Crippen LogP contribution in [0.15, 0.2) is 30.3 Å². The second kappa shape index (κ2) is 5.33. The number of nitrogens with one attached hydrogen (secondary N) is 1. The Morgan fingerprint density at radius 3 is 2.53 bits per heavy atom. The molecule has 3 heteroatoms. The molecule has 19 heavy (non-hydrogen) atoms. The molecule has 1 saturated heterocycles. The molecule has 0 spiro atoms. The lowest BCUT2D eigenvalue weighted by Crippen LogP contribution is -2.64. The number of piperazine rings is 1. The minimum atomic E-state index is -0.141. The molecule has 3 nitrogen and oxygen atoms in total. The van der Waals surface area contributed by atoms with Crippen molar-refractivity contribution >= 4 is 5.91 Å². The van der Waals surface area contributed by atoms with Gasteiger partial charge in [0.1, 0.15) is 0 Å². The Morgan fingerprint density at radius 1 is 1.32 bits per heavy atom. The van der Waals surface area contributed by atoms with Gasteiger partial charge in [0.2, 0.25) is 0 Å². The SMILES string of the molecule is CC(C)C1CN(C(=O)c2ccccc2)C(C)(C)CN1. The number of benzene rings is 1. The standard InChI is InChI=1S/C16H24N2O/c1-12(2)14-10-18(16(3,4)11-17-14)15(19)13-8-6-5-7-9-13/h5-9,12,14,17H,10-11H2,1-4H3. The maximum Gasteiger partial charge on any atom is 0.254 e. The fourth-order valence-electron chi connectivity index (χ4n) is 2.53. The van der Waals surface area contributed by atoms with E-state index in [-0.39, 0.29) is 11.4 Å². The van der Waals surface area contributed by atoms with Crippen LogP contribution in [0.2, 0.25) is 0 Å². The lowest BCUT2D eigenvalue weighted by Gasteiger charge is -2.47. The summed E-state index contributed by atoms with van der Waals surface area (Å²) in [5, 5.41) is 3.55. The molecule has 0 aliphatic carbocycles. The molecule has 1 aromatic carbocycles. The van der Waals surface area contributed by atoms with Crippen LogP contribution in [0.4, 0.5) is 0 Å². The number of carbonyl (C=O) groups is 1. The summed E-state index contributed by atoms with van der Waals surface area (Å²) < 4.78 is 0. The third kappa shape index (κ3) is 2.98. The summed E-state index contributed by atoms with van der Waals surface area (Å²) in [6, 6.07) is 9.94. The number of nitrogens with zero attached hydrogens (tertiary/aromatic N) is 1. The molecule has 1 aliphatic heterocycles. The van der Waals surface area contributed by atoms with Gasteiger partial charge in [-0.1, -0.05) is 32.0 Å². The number of hydrogen-bond donors (Lipinski definition) is 1. The Bertz CT molecular complexity index is 439. The van der Waals surface area contributed by atoms with Crippen LogP contribution in [0.1, 0.15) is 38.1 Å². The molecule has 2 rings (SSSR count). The number of amides is 1. The van der Waals surface area contributed by atoms with Gasteiger partial charge in [0.05, 0.1) is 5.54 Å². The largest absolute Gasteiger partial charge is 0.331 e. The molecule has 0 aromatic heterocycles. The Hall–Kier alpha value is -1.35. The van der Waals surface area contributed by atoms with E-state index >= 15 is 0 Å². The van der Waals surface area contributed by atoms with Crippen molar-refractivity contribution in [2.75, 3.05) is 13.1 Å². The van der Waals surface area contributed by atoms with Gasteiger partial charge in [-0.05, 0) is 31.9 Å². The lowest BCUT2D eigenvalue weighted by molar-refractivity contribution is 0.0353. The first-order valence-corrected chi connectivity index (χ1v) is 7.02. The van der Waals surface area contributed by atoms with Gasteiger partial charge in [0.15, 0.2) is 0 Å². The maximum absolute atomic E-state index is 12.7. The van der Waals surface area contributed by atoms with E-state index in [2.05, 4.69) is 33.0 Å². The monoisotopic (exact) mass is 260 g/mol. The van der Waals surface area contributed by atoms with E-state index in [4.69, 9.17) is 0 Å². The molecule has 1 aliphatic rings. The highest BCUT2D eigenvalue weighted by molar-refractivity contribution is 5.94. The van der Waals surface area contributed by atoms with Crippen molar-refractivity contribution in [2.45, 2.75) is 39.3 Å². The Morgan fingerprint density at radius 2 is 1.95 bits per heavy atom. The van der Waals surface area contributed by atoms with Gasteiger partial charge < -0.3 is 10.2 Å². The molecule has 1 amide bonds. The second-order valence-corrected chi connectivity index (χ2v) is 6.33. The highest BCUT2D eigenvalue weighted by Crippen LogP contribution is 2.23. The molecule has 1 fully saturated rings. The fraction of sp³-hybridized carbons (Fsp3) is 0.562. The van der Waals surface area contributed by atoms with E-state index in [1.165, 1.54) is 0 Å². The quantitative estimate of drug-likeness (QED) is 0.886. The van der Waals surface area contributed by atoms with Crippen molar-refractivity contribution in [2.24, 2.45) is 5.92 Å². The average molecular weight is 260 g/mol. The molecule has 1 heterocycles. The predicted octanol–water partition coefficient (Wildman–Crippen LogP) is 2.54. The van der Waals surface area contributed by atoms with Crippen LogP contribution in [0.3, 0.4) is 0 Å². The number of rotatable bonds is 2. The molecule has 1 aromatic rings. The third-order valence-corrected chi connectivity index (χ3v) is 3.98. The van der Waals surface area contributed by atoms with Crippen LogP contribution in [-0.4, -0.2) is 35.5 Å². The van der Waals surface area contributed by atoms with Crippen LogP contribution in [-0.2, 0) is 0 Å². The van der Waals surface area contributed by atoms with Gasteiger partial charge in [0, 0.05) is 24.7 Å². The van der Waals surface area contributed by atoms with Gasteiger partial charge in [-0.3, -0.25) is 4.79 Å². The molecular formula is C16H24N2O. The van der Waals surface area contributed by atoms with Gasteiger partial charge in [-0.15, -0.1) is 0 Å². The molecule has 0 saturated carbocycles. The van der Waals surface area contributed by atoms with Gasteiger partial charge in [0.25, 0.3) is 5.91 Å². The summed E-state index contributed by atoms with van der Waals surface area (Å²) in [5.74, 6) is 0.667. The first kappa shape index (κ1) is 14.1. The van der Waals surface area contributed by atoms with Crippen molar-refractivity contribution in [1.29, 1.82) is 0 Å². The van der Waals surface area contributed by atoms with Crippen molar-refractivity contribution in [3.05, 3.63) is 35.9 Å². The first-order valence-electron chi connectivity index (χ1n) is 7.02. The van der Waals surface area contributed by atoms with Crippen molar-refractivity contribution in [3.8, 4) is 0 Å². The smallest absolute Gasteiger partial charge is 0.254 e. The number of carbonyl (C=O) groups excluding carboxylic acids is 1. The Kier molecular flexibility index (Phi) is 3.95. The minimum absolute atomic E-state index is 0.137. The van der Waals surface area contributed by atoms with E-state index in [1.54, 1.807) is 0 Å². The molecule has 1 N–H and O–H groups in total. The van der Waals surface area contributed by atoms with E-state index in [0.29, 0.717) is 12.0 Å². The van der Waals surface area contributed by atoms with Gasteiger partial charge in [-0.2, -0.15) is 0 Å². The van der Waals surface area contributed by atoms with Crippen LogP contribution >= 0.6 is 0 Å². The second-order valence-electron chi connectivity index (χ2n) is 6.33. The Labute approximate surface area is 116 Å². The third-order valence-electron chi connectivity index (χ3n) is 3.98. The topological polar surface area (TPSA) is 32.3 Å². The zero-order valence-corrected chi connectivity index (χ0v) is 12.3. The maximum atomic E-state index is 12.7. The molecule has 104 valence electrons. The van der Waals surface area contributed by atoms with E-state index in [0.717, 1.165) is 18.7 Å². The fourth-order valence-corrected chi connectivity index (χ4v) is 2.53. The summed E-state index contributed by atoms with van der Waals surface area (Å²) in [6.45, 7) is 10.3. The minimum Gasteiger partial charge on any atom is -0.331 e. The molecule has 1 unspecified atom stereocenters. The van der Waals surface area contributed by atoms with E-state index in [9.17, 15) is 4.79 Å². The van der Waals surface area contributed by atoms with Gasteiger partial charge in [-0.25, -0.2) is 0 Å². The average Bonchev–Trinajstić information content (AvgIpc) is 2.38. The van der Waals surface area contributed by atoms with Crippen molar-refractivity contribution in [1.82, 2.24) is 10.2 Å². The summed E-state index contributed by atoms with van der Waals surface area (Å²) in [7, 11) is 0. The van der Waals surface area contributed by atoms with Crippen LogP contribution in [0, 0.1) is 5.92 Å². The van der Waals surface area contributed by atoms with Crippen molar-refractivity contribution in [3.63, 3.8) is 0 Å². The summed E-state index contributed by atoms with van der Waals surface area (Å²) >= 11 is 0. The summed E-state index contributed by atoms with van der Waals surface area (Å²) in [5.41, 5.74) is 0.637. The normalized spacial score (nSPS) is 22.6. The first-order chi connectivity index (χ1) is 8.92. The highest BCUT2D eigenvalue weighted by Gasteiger charge is 2.38.